The van der Waals surface area contributed by atoms with Crippen LogP contribution in [0.2, 0.25) is 0 Å². The van der Waals surface area contributed by atoms with Crippen LogP contribution in [0.1, 0.15) is 56.1 Å². The van der Waals surface area contributed by atoms with E-state index in [-0.39, 0.29) is 16.7 Å². The third-order valence-electron chi connectivity index (χ3n) is 5.74. The van der Waals surface area contributed by atoms with Crippen molar-refractivity contribution in [3.63, 3.8) is 0 Å². The number of nitrogens with one attached hydrogen (secondary N) is 1. The molecular formula is C25H28N4O2. The second-order valence-corrected chi connectivity index (χ2v) is 9.32. The van der Waals surface area contributed by atoms with Crippen LogP contribution < -0.4 is 11.0 Å². The molecule has 0 aliphatic heterocycles. The number of fused-ring (bicyclic) bond motifs is 1. The topological polar surface area (TPSA) is 76.3 Å². The van der Waals surface area contributed by atoms with Crippen molar-refractivity contribution in [2.75, 3.05) is 0 Å². The minimum absolute atomic E-state index is 0.176. The predicted octanol–water partition coefficient (Wildman–Crippen LogP) is 4.38. The maximum absolute atomic E-state index is 13.1. The first-order valence-corrected chi connectivity index (χ1v) is 10.7. The number of nitrogens with zero attached hydrogens (tertiary/aromatic N) is 3. The van der Waals surface area contributed by atoms with Gasteiger partial charge in [-0.2, -0.15) is 10.2 Å². The summed E-state index contributed by atoms with van der Waals surface area (Å²) in [6.45, 7) is 6.97. The Hall–Kier alpha value is -3.28. The Morgan fingerprint density at radius 3 is 2.52 bits per heavy atom. The molecule has 1 amide bonds. The van der Waals surface area contributed by atoms with E-state index < -0.39 is 5.91 Å². The van der Waals surface area contributed by atoms with Crippen molar-refractivity contribution in [1.29, 1.82) is 0 Å². The van der Waals surface area contributed by atoms with Crippen LogP contribution in [0.3, 0.4) is 0 Å². The fourth-order valence-corrected chi connectivity index (χ4v) is 4.65. The largest absolute Gasteiger partial charge is 0.292 e. The van der Waals surface area contributed by atoms with Gasteiger partial charge in [-0.25, -0.2) is 10.1 Å². The van der Waals surface area contributed by atoms with E-state index in [0.29, 0.717) is 23.2 Å². The fraction of sp³-hybridized carbons (Fsp3) is 0.360. The van der Waals surface area contributed by atoms with E-state index in [0.717, 1.165) is 30.5 Å². The van der Waals surface area contributed by atoms with Gasteiger partial charge in [0.1, 0.15) is 0 Å². The lowest BCUT2D eigenvalue weighted by molar-refractivity contribution is 0.0948. The summed E-state index contributed by atoms with van der Waals surface area (Å²) >= 11 is 0. The summed E-state index contributed by atoms with van der Waals surface area (Å²) in [5, 5.41) is 9.87. The maximum Gasteiger partial charge on any atom is 0.292 e. The third-order valence-corrected chi connectivity index (χ3v) is 5.74. The molecule has 2 aromatic carbocycles. The van der Waals surface area contributed by atoms with E-state index in [1.807, 2.05) is 30.3 Å². The van der Waals surface area contributed by atoms with E-state index in [4.69, 9.17) is 0 Å². The van der Waals surface area contributed by atoms with Crippen molar-refractivity contribution in [2.24, 2.45) is 16.4 Å². The minimum atomic E-state index is -0.401. The van der Waals surface area contributed by atoms with Crippen molar-refractivity contribution in [3.05, 3.63) is 76.2 Å². The number of amides is 1. The van der Waals surface area contributed by atoms with Gasteiger partial charge in [-0.1, -0.05) is 69.3 Å². The molecule has 1 fully saturated rings. The smallest absolute Gasteiger partial charge is 0.267 e. The molecule has 6 heteroatoms. The zero-order valence-electron chi connectivity index (χ0n) is 18.3. The summed E-state index contributed by atoms with van der Waals surface area (Å²) in [5.74, 6) is 0.132. The number of benzene rings is 2. The molecule has 1 aromatic heterocycles. The Morgan fingerprint density at radius 1 is 1.13 bits per heavy atom. The maximum atomic E-state index is 13.1. The highest BCUT2D eigenvalue weighted by molar-refractivity contribution is 6.05. The van der Waals surface area contributed by atoms with E-state index in [1.54, 1.807) is 24.3 Å². The van der Waals surface area contributed by atoms with E-state index in [1.165, 1.54) is 4.68 Å². The quantitative estimate of drug-likeness (QED) is 0.642. The molecule has 1 heterocycles. The Bertz CT molecular complexity index is 1200. The fourth-order valence-electron chi connectivity index (χ4n) is 4.65. The predicted molar refractivity (Wildman–Crippen MR) is 123 cm³/mol. The van der Waals surface area contributed by atoms with Gasteiger partial charge in [0.15, 0.2) is 5.69 Å². The summed E-state index contributed by atoms with van der Waals surface area (Å²) in [4.78, 5) is 26.0. The van der Waals surface area contributed by atoms with Gasteiger partial charge in [0.25, 0.3) is 11.5 Å². The van der Waals surface area contributed by atoms with Crippen LogP contribution in [0.5, 0.6) is 0 Å². The van der Waals surface area contributed by atoms with Crippen molar-refractivity contribution in [2.45, 2.75) is 46.6 Å². The molecule has 31 heavy (non-hydrogen) atoms. The number of hydrogen-bond acceptors (Lipinski definition) is 4. The van der Waals surface area contributed by atoms with Crippen molar-refractivity contribution >= 4 is 22.4 Å². The standard InChI is InChI=1S/C25H28N4O2/c1-17-13-19(15-25(2,3)14-17)26-27-23(30)22-20-11-7-8-12-21(20)24(31)29(28-22)16-18-9-5-4-6-10-18/h4-12,17H,13-16H2,1-3H3,(H,27,30). The molecule has 1 atom stereocenters. The Labute approximate surface area is 182 Å². The molecule has 160 valence electrons. The second kappa shape index (κ2) is 8.46. The molecule has 1 saturated carbocycles. The summed E-state index contributed by atoms with van der Waals surface area (Å²) < 4.78 is 1.35. The zero-order chi connectivity index (χ0) is 22.0. The summed E-state index contributed by atoms with van der Waals surface area (Å²) in [7, 11) is 0. The number of hydrazone groups is 1. The first-order valence-electron chi connectivity index (χ1n) is 10.7. The van der Waals surface area contributed by atoms with Crippen LogP contribution in [-0.4, -0.2) is 21.4 Å². The lowest BCUT2D eigenvalue weighted by Crippen LogP contribution is -2.32. The molecule has 1 aliphatic rings. The molecular weight excluding hydrogens is 388 g/mol. The van der Waals surface area contributed by atoms with Crippen LogP contribution in [-0.2, 0) is 6.54 Å². The highest BCUT2D eigenvalue weighted by atomic mass is 16.2. The van der Waals surface area contributed by atoms with Gasteiger partial charge in [-0.15, -0.1) is 0 Å². The lowest BCUT2D eigenvalue weighted by Gasteiger charge is -2.34. The molecule has 3 aromatic rings. The van der Waals surface area contributed by atoms with Crippen molar-refractivity contribution in [3.8, 4) is 0 Å². The number of carbonyl (C=O) groups is 1. The van der Waals surface area contributed by atoms with Crippen molar-refractivity contribution < 1.29 is 4.79 Å². The zero-order valence-corrected chi connectivity index (χ0v) is 18.3. The van der Waals surface area contributed by atoms with Crippen LogP contribution in [0.15, 0.2) is 64.5 Å². The van der Waals surface area contributed by atoms with Gasteiger partial charge in [0.05, 0.1) is 11.9 Å². The van der Waals surface area contributed by atoms with Gasteiger partial charge in [0.2, 0.25) is 0 Å². The summed E-state index contributed by atoms with van der Waals surface area (Å²) in [5.41, 5.74) is 4.81. The number of hydrogen-bond donors (Lipinski definition) is 1. The van der Waals surface area contributed by atoms with Gasteiger partial charge in [-0.05, 0) is 42.2 Å². The van der Waals surface area contributed by atoms with Gasteiger partial charge in [-0.3, -0.25) is 9.59 Å². The molecule has 0 spiro atoms. The summed E-state index contributed by atoms with van der Waals surface area (Å²) in [6, 6.07) is 16.7. The average molecular weight is 417 g/mol. The Morgan fingerprint density at radius 2 is 1.81 bits per heavy atom. The lowest BCUT2D eigenvalue weighted by atomic mass is 9.72. The van der Waals surface area contributed by atoms with E-state index >= 15 is 0 Å². The van der Waals surface area contributed by atoms with E-state index in [9.17, 15) is 9.59 Å². The first kappa shape index (κ1) is 21.0. The number of aromatic nitrogens is 2. The highest BCUT2D eigenvalue weighted by Gasteiger charge is 2.29. The average Bonchev–Trinajstić information content (AvgIpc) is 2.73. The minimum Gasteiger partial charge on any atom is -0.267 e. The van der Waals surface area contributed by atoms with Crippen LogP contribution in [0.4, 0.5) is 0 Å². The molecule has 4 rings (SSSR count). The van der Waals surface area contributed by atoms with Gasteiger partial charge in [0, 0.05) is 11.1 Å². The van der Waals surface area contributed by atoms with Crippen LogP contribution in [0, 0.1) is 11.3 Å². The van der Waals surface area contributed by atoms with E-state index in [2.05, 4.69) is 36.4 Å². The Kier molecular flexibility index (Phi) is 5.72. The number of rotatable bonds is 4. The molecule has 6 nitrogen and oxygen atoms in total. The van der Waals surface area contributed by atoms with Gasteiger partial charge >= 0.3 is 0 Å². The van der Waals surface area contributed by atoms with Crippen LogP contribution in [0.25, 0.3) is 10.8 Å². The SMILES string of the molecule is CC1CC(=NNC(=O)c2nn(Cc3ccccc3)c(=O)c3ccccc23)CC(C)(C)C1. The monoisotopic (exact) mass is 416 g/mol. The highest BCUT2D eigenvalue weighted by Crippen LogP contribution is 2.36. The van der Waals surface area contributed by atoms with Gasteiger partial charge < -0.3 is 0 Å². The normalized spacial score (nSPS) is 19.5. The molecule has 0 saturated heterocycles. The molecule has 1 aliphatic carbocycles. The number of carbonyl (C=O) groups excluding carboxylic acids is 1. The molecule has 1 unspecified atom stereocenters. The summed E-state index contributed by atoms with van der Waals surface area (Å²) in [6.07, 6.45) is 2.89. The molecule has 0 bridgehead atoms. The van der Waals surface area contributed by atoms with Crippen molar-refractivity contribution in [1.82, 2.24) is 15.2 Å². The molecule has 1 N–H and O–H groups in total. The third kappa shape index (κ3) is 4.74. The Balaban J connectivity index is 1.68. The second-order valence-electron chi connectivity index (χ2n) is 9.32. The van der Waals surface area contributed by atoms with Crippen LogP contribution >= 0.6 is 0 Å². The molecule has 0 radical (unpaired) electrons. The first-order chi connectivity index (χ1) is 14.8.